The molecule has 17 heavy (non-hydrogen) atoms. The van der Waals surface area contributed by atoms with Crippen molar-refractivity contribution in [1.29, 1.82) is 0 Å². The van der Waals surface area contributed by atoms with E-state index in [1.54, 1.807) is 0 Å². The Labute approximate surface area is 108 Å². The number of nitrogens with one attached hydrogen (secondary N) is 1. The van der Waals surface area contributed by atoms with E-state index in [9.17, 15) is 0 Å². The molecule has 1 aromatic heterocycles. The summed E-state index contributed by atoms with van der Waals surface area (Å²) in [7, 11) is 0. The molecule has 0 fully saturated rings. The zero-order valence-electron chi connectivity index (χ0n) is 11.0. The third-order valence-corrected chi connectivity index (χ3v) is 3.15. The number of likely N-dealkylation sites (N-methyl/N-ethyl adjacent to an activating group) is 1. The molecular formula is C12H21ClN4. The molecule has 1 heterocycles. The van der Waals surface area contributed by atoms with Gasteiger partial charge in [0.1, 0.15) is 5.82 Å². The minimum Gasteiger partial charge on any atom is -0.368 e. The highest BCUT2D eigenvalue weighted by Gasteiger charge is 2.06. The largest absolute Gasteiger partial charge is 0.368 e. The van der Waals surface area contributed by atoms with Gasteiger partial charge >= 0.3 is 0 Å². The first-order valence-electron chi connectivity index (χ1n) is 6.05. The van der Waals surface area contributed by atoms with Crippen molar-refractivity contribution in [3.63, 3.8) is 0 Å². The summed E-state index contributed by atoms with van der Waals surface area (Å²) in [5, 5.41) is 3.62. The molecule has 4 nitrogen and oxygen atoms in total. The van der Waals surface area contributed by atoms with Gasteiger partial charge in [0.05, 0.1) is 0 Å². The second-order valence-corrected chi connectivity index (χ2v) is 4.34. The molecule has 0 amide bonds. The lowest BCUT2D eigenvalue weighted by Gasteiger charge is -2.18. The summed E-state index contributed by atoms with van der Waals surface area (Å²) in [6.07, 6.45) is 0. The SMILES string of the molecule is CCN(CC)CCNc1nc(Cl)nc(C)c1C. The highest BCUT2D eigenvalue weighted by molar-refractivity contribution is 6.28. The smallest absolute Gasteiger partial charge is 0.224 e. The predicted molar refractivity (Wildman–Crippen MR) is 72.8 cm³/mol. The van der Waals surface area contributed by atoms with E-state index in [1.807, 2.05) is 13.8 Å². The maximum Gasteiger partial charge on any atom is 0.224 e. The van der Waals surface area contributed by atoms with Crippen LogP contribution >= 0.6 is 11.6 Å². The van der Waals surface area contributed by atoms with Crippen LogP contribution in [-0.2, 0) is 0 Å². The van der Waals surface area contributed by atoms with Crippen LogP contribution in [0.1, 0.15) is 25.1 Å². The Balaban J connectivity index is 2.57. The number of hydrogen-bond donors (Lipinski definition) is 1. The number of aromatic nitrogens is 2. The maximum absolute atomic E-state index is 5.85. The van der Waals surface area contributed by atoms with Gasteiger partial charge in [-0.05, 0) is 38.5 Å². The molecule has 0 saturated carbocycles. The first-order chi connectivity index (χ1) is 8.08. The van der Waals surface area contributed by atoms with Gasteiger partial charge in [0.15, 0.2) is 0 Å². The van der Waals surface area contributed by atoms with E-state index < -0.39 is 0 Å². The molecular weight excluding hydrogens is 236 g/mol. The standard InChI is InChI=1S/C12H21ClN4/c1-5-17(6-2)8-7-14-11-9(3)10(4)15-12(13)16-11/h5-8H2,1-4H3,(H,14,15,16). The van der Waals surface area contributed by atoms with Crippen LogP contribution in [0.3, 0.4) is 0 Å². The van der Waals surface area contributed by atoms with Gasteiger partial charge in [-0.2, -0.15) is 0 Å². The van der Waals surface area contributed by atoms with E-state index in [0.717, 1.165) is 43.3 Å². The molecule has 0 aliphatic carbocycles. The molecule has 0 bridgehead atoms. The average molecular weight is 257 g/mol. The van der Waals surface area contributed by atoms with Crippen molar-refractivity contribution >= 4 is 17.4 Å². The second-order valence-electron chi connectivity index (χ2n) is 4.01. The summed E-state index contributed by atoms with van der Waals surface area (Å²) >= 11 is 5.85. The van der Waals surface area contributed by atoms with E-state index in [4.69, 9.17) is 11.6 Å². The van der Waals surface area contributed by atoms with Crippen LogP contribution in [0.15, 0.2) is 0 Å². The Morgan fingerprint density at radius 2 is 1.82 bits per heavy atom. The number of halogens is 1. The van der Waals surface area contributed by atoms with Crippen LogP contribution in [0.5, 0.6) is 0 Å². The second kappa shape index (κ2) is 6.77. The summed E-state index contributed by atoms with van der Waals surface area (Å²) in [6.45, 7) is 12.3. The van der Waals surface area contributed by atoms with E-state index in [-0.39, 0.29) is 0 Å². The molecule has 0 unspecified atom stereocenters. The molecule has 0 aromatic carbocycles. The molecule has 0 radical (unpaired) electrons. The third kappa shape index (κ3) is 4.13. The van der Waals surface area contributed by atoms with Crippen molar-refractivity contribution in [2.45, 2.75) is 27.7 Å². The van der Waals surface area contributed by atoms with Gasteiger partial charge in [0, 0.05) is 24.3 Å². The first-order valence-corrected chi connectivity index (χ1v) is 6.43. The molecule has 5 heteroatoms. The van der Waals surface area contributed by atoms with Gasteiger partial charge in [-0.3, -0.25) is 0 Å². The Bertz CT molecular complexity index is 364. The van der Waals surface area contributed by atoms with Crippen molar-refractivity contribution in [3.05, 3.63) is 16.5 Å². The Morgan fingerprint density at radius 1 is 1.18 bits per heavy atom. The van der Waals surface area contributed by atoms with Gasteiger partial charge in [-0.15, -0.1) is 0 Å². The van der Waals surface area contributed by atoms with Gasteiger partial charge in [-0.1, -0.05) is 13.8 Å². The molecule has 0 saturated heterocycles. The number of nitrogens with zero attached hydrogens (tertiary/aromatic N) is 3. The van der Waals surface area contributed by atoms with Gasteiger partial charge in [0.2, 0.25) is 5.28 Å². The monoisotopic (exact) mass is 256 g/mol. The van der Waals surface area contributed by atoms with Crippen LogP contribution in [-0.4, -0.2) is 41.0 Å². The lowest BCUT2D eigenvalue weighted by Crippen LogP contribution is -2.29. The third-order valence-electron chi connectivity index (χ3n) is 2.98. The molecule has 1 rings (SSSR count). The summed E-state index contributed by atoms with van der Waals surface area (Å²) in [5.41, 5.74) is 1.99. The highest BCUT2D eigenvalue weighted by atomic mass is 35.5. The number of rotatable bonds is 6. The predicted octanol–water partition coefficient (Wildman–Crippen LogP) is 2.50. The van der Waals surface area contributed by atoms with Crippen LogP contribution in [0.25, 0.3) is 0 Å². The molecule has 0 aliphatic rings. The van der Waals surface area contributed by atoms with Crippen molar-refractivity contribution in [2.24, 2.45) is 0 Å². The number of hydrogen-bond acceptors (Lipinski definition) is 4. The van der Waals surface area contributed by atoms with Crippen LogP contribution in [0.2, 0.25) is 5.28 Å². The van der Waals surface area contributed by atoms with E-state index in [2.05, 4.69) is 34.0 Å². The minimum atomic E-state index is 0.304. The molecule has 0 aliphatic heterocycles. The topological polar surface area (TPSA) is 41.0 Å². The summed E-state index contributed by atoms with van der Waals surface area (Å²) in [6, 6.07) is 0. The zero-order chi connectivity index (χ0) is 12.8. The Kier molecular flexibility index (Phi) is 5.65. The van der Waals surface area contributed by atoms with Gasteiger partial charge in [0.25, 0.3) is 0 Å². The van der Waals surface area contributed by atoms with Crippen molar-refractivity contribution in [1.82, 2.24) is 14.9 Å². The van der Waals surface area contributed by atoms with E-state index in [1.165, 1.54) is 0 Å². The minimum absolute atomic E-state index is 0.304. The first kappa shape index (κ1) is 14.2. The Hall–Kier alpha value is -0.870. The van der Waals surface area contributed by atoms with Gasteiger partial charge in [-0.25, -0.2) is 9.97 Å². The lowest BCUT2D eigenvalue weighted by molar-refractivity contribution is 0.316. The summed E-state index contributed by atoms with van der Waals surface area (Å²) < 4.78 is 0. The van der Waals surface area contributed by atoms with Crippen LogP contribution in [0.4, 0.5) is 5.82 Å². The van der Waals surface area contributed by atoms with Crippen LogP contribution < -0.4 is 5.32 Å². The Morgan fingerprint density at radius 3 is 2.41 bits per heavy atom. The fraction of sp³-hybridized carbons (Fsp3) is 0.667. The molecule has 1 N–H and O–H groups in total. The number of aryl methyl sites for hydroxylation is 1. The zero-order valence-corrected chi connectivity index (χ0v) is 11.8. The molecule has 0 spiro atoms. The summed E-state index contributed by atoms with van der Waals surface area (Å²) in [5.74, 6) is 0.842. The fourth-order valence-electron chi connectivity index (χ4n) is 1.64. The molecule has 1 aromatic rings. The fourth-order valence-corrected chi connectivity index (χ4v) is 1.85. The van der Waals surface area contributed by atoms with E-state index >= 15 is 0 Å². The van der Waals surface area contributed by atoms with Crippen molar-refractivity contribution < 1.29 is 0 Å². The molecule has 0 atom stereocenters. The average Bonchev–Trinajstić information content (AvgIpc) is 2.30. The molecule has 96 valence electrons. The van der Waals surface area contributed by atoms with Gasteiger partial charge < -0.3 is 10.2 Å². The van der Waals surface area contributed by atoms with Crippen LogP contribution in [0, 0.1) is 13.8 Å². The van der Waals surface area contributed by atoms with E-state index in [0.29, 0.717) is 5.28 Å². The van der Waals surface area contributed by atoms with Crippen molar-refractivity contribution in [3.8, 4) is 0 Å². The highest BCUT2D eigenvalue weighted by Crippen LogP contribution is 2.16. The maximum atomic E-state index is 5.85. The van der Waals surface area contributed by atoms with Crippen molar-refractivity contribution in [2.75, 3.05) is 31.5 Å². The lowest BCUT2D eigenvalue weighted by atomic mass is 10.2. The quantitative estimate of drug-likeness (QED) is 0.794. The number of anilines is 1. The summed E-state index contributed by atoms with van der Waals surface area (Å²) in [4.78, 5) is 10.7. The normalized spacial score (nSPS) is 10.9.